The van der Waals surface area contributed by atoms with E-state index in [0.717, 1.165) is 11.3 Å². The van der Waals surface area contributed by atoms with Crippen LogP contribution in [0.5, 0.6) is 5.75 Å². The summed E-state index contributed by atoms with van der Waals surface area (Å²) < 4.78 is 7.20. The molecule has 0 saturated heterocycles. The number of hydrogen-bond donors (Lipinski definition) is 1. The number of hydrogen-bond acceptors (Lipinski definition) is 4. The van der Waals surface area contributed by atoms with E-state index < -0.39 is 5.24 Å². The molecule has 0 atom stereocenters. The van der Waals surface area contributed by atoms with Crippen LogP contribution in [-0.2, 0) is 11.5 Å². The van der Waals surface area contributed by atoms with Gasteiger partial charge >= 0.3 is 0 Å². The number of para-hydroxylation sites is 1. The third-order valence-corrected chi connectivity index (χ3v) is 3.34. The van der Waals surface area contributed by atoms with Crippen molar-refractivity contribution in [1.29, 1.82) is 0 Å². The fourth-order valence-corrected chi connectivity index (χ4v) is 2.06. The molecule has 0 spiro atoms. The first-order valence-electron chi connectivity index (χ1n) is 7.24. The summed E-state index contributed by atoms with van der Waals surface area (Å²) in [6.45, 7) is 2.56. The van der Waals surface area contributed by atoms with Crippen molar-refractivity contribution in [3.8, 4) is 5.75 Å². The van der Waals surface area contributed by atoms with E-state index in [0.29, 0.717) is 18.7 Å². The maximum absolute atomic E-state index is 11.9. The summed E-state index contributed by atoms with van der Waals surface area (Å²) in [5.74, 6) is 0.487. The van der Waals surface area contributed by atoms with E-state index in [2.05, 4.69) is 10.4 Å². The Bertz CT molecular complexity index is 685. The molecule has 6 nitrogen and oxygen atoms in total. The summed E-state index contributed by atoms with van der Waals surface area (Å²) >= 11 is 5.23. The number of amides is 1. The van der Waals surface area contributed by atoms with E-state index in [1.807, 2.05) is 31.2 Å². The normalized spacial score (nSPS) is 10.3. The van der Waals surface area contributed by atoms with Gasteiger partial charge in [0.05, 0.1) is 0 Å². The van der Waals surface area contributed by atoms with Crippen LogP contribution in [0.2, 0.25) is 0 Å². The van der Waals surface area contributed by atoms with Gasteiger partial charge in [-0.05, 0) is 42.6 Å². The Kier molecular flexibility index (Phi) is 6.17. The van der Waals surface area contributed by atoms with Crippen LogP contribution in [0.4, 0.5) is 0 Å². The first kappa shape index (κ1) is 17.0. The molecule has 2 rings (SSSR count). The van der Waals surface area contributed by atoms with E-state index in [1.165, 1.54) is 0 Å². The molecule has 1 N–H and O–H groups in total. The number of carbonyl (C=O) groups excluding carboxylic acids is 2. The van der Waals surface area contributed by atoms with Crippen molar-refractivity contribution in [1.82, 2.24) is 15.1 Å². The standard InChI is InChI=1S/C16H18ClN3O3/c1-12-5-2-3-6-14(12)23-11-20-10-8-13(19-20)16(22)18-9-4-7-15(17)21/h2-3,5-6,8,10H,4,7,9,11H2,1H3,(H,18,22). The number of nitrogens with zero attached hydrogens (tertiary/aromatic N) is 2. The molecular weight excluding hydrogens is 318 g/mol. The van der Waals surface area contributed by atoms with Crippen LogP contribution in [0.1, 0.15) is 28.9 Å². The summed E-state index contributed by atoms with van der Waals surface area (Å²) in [6.07, 6.45) is 2.42. The van der Waals surface area contributed by atoms with Gasteiger partial charge in [-0.3, -0.25) is 9.59 Å². The number of aromatic nitrogens is 2. The summed E-state index contributed by atoms with van der Waals surface area (Å²) in [5, 5.41) is 6.43. The van der Waals surface area contributed by atoms with Gasteiger partial charge in [0.1, 0.15) is 11.4 Å². The van der Waals surface area contributed by atoms with Crippen molar-refractivity contribution in [3.05, 3.63) is 47.8 Å². The fraction of sp³-hybridized carbons (Fsp3) is 0.312. The summed E-state index contributed by atoms with van der Waals surface area (Å²) in [6, 6.07) is 9.29. The third kappa shape index (κ3) is 5.41. The van der Waals surface area contributed by atoms with Gasteiger partial charge in [0, 0.05) is 19.2 Å². The highest BCUT2D eigenvalue weighted by molar-refractivity contribution is 6.63. The molecule has 0 aliphatic rings. The van der Waals surface area contributed by atoms with Crippen LogP contribution in [0, 0.1) is 6.92 Å². The SMILES string of the molecule is Cc1ccccc1OCn1ccc(C(=O)NCCCC(=O)Cl)n1. The van der Waals surface area contributed by atoms with Crippen LogP contribution in [-0.4, -0.2) is 27.5 Å². The van der Waals surface area contributed by atoms with Crippen LogP contribution in [0.15, 0.2) is 36.5 Å². The van der Waals surface area contributed by atoms with E-state index in [-0.39, 0.29) is 19.1 Å². The van der Waals surface area contributed by atoms with Gasteiger partial charge in [-0.1, -0.05) is 18.2 Å². The largest absolute Gasteiger partial charge is 0.471 e. The number of rotatable bonds is 8. The molecule has 1 amide bonds. The molecule has 0 fully saturated rings. The number of benzene rings is 1. The van der Waals surface area contributed by atoms with Gasteiger partial charge in [0.2, 0.25) is 5.24 Å². The van der Waals surface area contributed by atoms with Crippen molar-refractivity contribution in [3.63, 3.8) is 0 Å². The number of nitrogens with one attached hydrogen (secondary N) is 1. The van der Waals surface area contributed by atoms with Crippen molar-refractivity contribution in [2.24, 2.45) is 0 Å². The lowest BCUT2D eigenvalue weighted by Crippen LogP contribution is -2.25. The molecule has 0 radical (unpaired) electrons. The number of carbonyl (C=O) groups is 2. The van der Waals surface area contributed by atoms with Crippen molar-refractivity contribution in [2.75, 3.05) is 6.54 Å². The lowest BCUT2D eigenvalue weighted by Gasteiger charge is -2.08. The lowest BCUT2D eigenvalue weighted by molar-refractivity contribution is -0.111. The maximum atomic E-state index is 11.9. The van der Waals surface area contributed by atoms with Crippen molar-refractivity contribution >= 4 is 22.8 Å². The quantitative estimate of drug-likeness (QED) is 0.594. The van der Waals surface area contributed by atoms with Crippen LogP contribution in [0.25, 0.3) is 0 Å². The van der Waals surface area contributed by atoms with Crippen LogP contribution < -0.4 is 10.1 Å². The minimum absolute atomic E-state index is 0.221. The molecule has 1 aromatic carbocycles. The maximum Gasteiger partial charge on any atom is 0.271 e. The van der Waals surface area contributed by atoms with E-state index in [1.54, 1.807) is 16.9 Å². The summed E-state index contributed by atoms with van der Waals surface area (Å²) in [5.41, 5.74) is 1.34. The predicted molar refractivity (Wildman–Crippen MR) is 86.5 cm³/mol. The molecule has 0 unspecified atom stereocenters. The molecule has 122 valence electrons. The monoisotopic (exact) mass is 335 g/mol. The second-order valence-corrected chi connectivity index (χ2v) is 5.42. The van der Waals surface area contributed by atoms with Gasteiger partial charge in [-0.15, -0.1) is 0 Å². The second-order valence-electron chi connectivity index (χ2n) is 4.99. The predicted octanol–water partition coefficient (Wildman–Crippen LogP) is 2.50. The minimum Gasteiger partial charge on any atom is -0.471 e. The molecule has 1 aromatic heterocycles. The van der Waals surface area contributed by atoms with Gasteiger partial charge in [-0.25, -0.2) is 4.68 Å². The Balaban J connectivity index is 1.82. The minimum atomic E-state index is -0.406. The zero-order valence-electron chi connectivity index (χ0n) is 12.8. The fourth-order valence-electron chi connectivity index (χ4n) is 1.93. The molecule has 1 heterocycles. The summed E-state index contributed by atoms with van der Waals surface area (Å²) in [7, 11) is 0. The van der Waals surface area contributed by atoms with Crippen molar-refractivity contribution in [2.45, 2.75) is 26.5 Å². The molecule has 0 saturated carbocycles. The van der Waals surface area contributed by atoms with Gasteiger partial charge in [0.25, 0.3) is 5.91 Å². The van der Waals surface area contributed by atoms with E-state index >= 15 is 0 Å². The van der Waals surface area contributed by atoms with E-state index in [4.69, 9.17) is 16.3 Å². The summed E-state index contributed by atoms with van der Waals surface area (Å²) in [4.78, 5) is 22.5. The molecule has 0 bridgehead atoms. The first-order valence-corrected chi connectivity index (χ1v) is 7.62. The Labute approximate surface area is 139 Å². The smallest absolute Gasteiger partial charge is 0.271 e. The third-order valence-electron chi connectivity index (χ3n) is 3.15. The number of aryl methyl sites for hydroxylation is 1. The van der Waals surface area contributed by atoms with Gasteiger partial charge < -0.3 is 10.1 Å². The lowest BCUT2D eigenvalue weighted by atomic mass is 10.2. The number of halogens is 1. The molecule has 2 aromatic rings. The zero-order chi connectivity index (χ0) is 16.7. The van der Waals surface area contributed by atoms with Gasteiger partial charge in [0.15, 0.2) is 6.73 Å². The Morgan fingerprint density at radius 3 is 2.83 bits per heavy atom. The van der Waals surface area contributed by atoms with E-state index in [9.17, 15) is 9.59 Å². The van der Waals surface area contributed by atoms with Crippen molar-refractivity contribution < 1.29 is 14.3 Å². The average molecular weight is 336 g/mol. The Hall–Kier alpha value is -2.34. The van der Waals surface area contributed by atoms with Crippen LogP contribution in [0.3, 0.4) is 0 Å². The zero-order valence-corrected chi connectivity index (χ0v) is 13.5. The Morgan fingerprint density at radius 2 is 2.09 bits per heavy atom. The topological polar surface area (TPSA) is 73.2 Å². The molecule has 23 heavy (non-hydrogen) atoms. The van der Waals surface area contributed by atoms with Crippen LogP contribution >= 0.6 is 11.6 Å². The molecule has 0 aliphatic carbocycles. The first-order chi connectivity index (χ1) is 11.1. The second kappa shape index (κ2) is 8.33. The molecule has 0 aliphatic heterocycles. The average Bonchev–Trinajstić information content (AvgIpc) is 2.99. The highest BCUT2D eigenvalue weighted by atomic mass is 35.5. The highest BCUT2D eigenvalue weighted by Gasteiger charge is 2.09. The van der Waals surface area contributed by atoms with Gasteiger partial charge in [-0.2, -0.15) is 5.10 Å². The number of ether oxygens (including phenoxy) is 1. The Morgan fingerprint density at radius 1 is 1.30 bits per heavy atom. The highest BCUT2D eigenvalue weighted by Crippen LogP contribution is 2.16. The molecular formula is C16H18ClN3O3. The molecule has 7 heteroatoms.